The van der Waals surface area contributed by atoms with Gasteiger partial charge in [-0.1, -0.05) is 18.2 Å². The van der Waals surface area contributed by atoms with Crippen LogP contribution in [0.3, 0.4) is 0 Å². The molecule has 0 aliphatic carbocycles. The summed E-state index contributed by atoms with van der Waals surface area (Å²) in [5, 5.41) is 2.75. The normalized spacial score (nSPS) is 11.7. The molecule has 0 spiro atoms. The second-order valence-electron chi connectivity index (χ2n) is 5.38. The van der Waals surface area contributed by atoms with E-state index in [-0.39, 0.29) is 31.5 Å². The standard InChI is InChI=1S/C15H24N2O4S/c1-12(2)16-15(18)9-10-17(22(4,19)20)11-13-7-5-6-8-14(13)21-3/h5-8,12H,9-11H2,1-4H3,(H,16,18). The molecule has 0 saturated heterocycles. The first-order valence-corrected chi connectivity index (χ1v) is 8.95. The van der Waals surface area contributed by atoms with Crippen molar-refractivity contribution in [3.8, 4) is 5.75 Å². The molecule has 0 atom stereocenters. The molecule has 6 nitrogen and oxygen atoms in total. The number of nitrogens with one attached hydrogen (secondary N) is 1. The van der Waals surface area contributed by atoms with Crippen LogP contribution in [0, 0.1) is 0 Å². The van der Waals surface area contributed by atoms with Gasteiger partial charge in [-0.25, -0.2) is 8.42 Å². The van der Waals surface area contributed by atoms with Gasteiger partial charge in [0.25, 0.3) is 0 Å². The Morgan fingerprint density at radius 2 is 1.95 bits per heavy atom. The van der Waals surface area contributed by atoms with Crippen LogP contribution in [-0.4, -0.2) is 44.6 Å². The minimum Gasteiger partial charge on any atom is -0.496 e. The highest BCUT2D eigenvalue weighted by Gasteiger charge is 2.20. The third kappa shape index (κ3) is 6.03. The molecule has 0 unspecified atom stereocenters. The topological polar surface area (TPSA) is 75.7 Å². The lowest BCUT2D eigenvalue weighted by Gasteiger charge is -2.21. The summed E-state index contributed by atoms with van der Waals surface area (Å²) in [5.74, 6) is 0.464. The second kappa shape index (κ2) is 8.14. The number of nitrogens with zero attached hydrogens (tertiary/aromatic N) is 1. The average Bonchev–Trinajstić information content (AvgIpc) is 2.41. The molecule has 0 aromatic heterocycles. The molecule has 1 amide bonds. The highest BCUT2D eigenvalue weighted by molar-refractivity contribution is 7.88. The van der Waals surface area contributed by atoms with E-state index in [1.807, 2.05) is 32.0 Å². The Morgan fingerprint density at radius 1 is 1.32 bits per heavy atom. The summed E-state index contributed by atoms with van der Waals surface area (Å²) in [5.41, 5.74) is 0.764. The molecule has 1 aromatic carbocycles. The summed E-state index contributed by atoms with van der Waals surface area (Å²) in [6.07, 6.45) is 1.27. The SMILES string of the molecule is COc1ccccc1CN(CCC(=O)NC(C)C)S(C)(=O)=O. The number of benzene rings is 1. The second-order valence-corrected chi connectivity index (χ2v) is 7.36. The van der Waals surface area contributed by atoms with E-state index in [0.717, 1.165) is 11.8 Å². The van der Waals surface area contributed by atoms with E-state index in [1.165, 1.54) is 4.31 Å². The number of para-hydroxylation sites is 1. The quantitative estimate of drug-likeness (QED) is 0.782. The molecule has 0 aliphatic rings. The van der Waals surface area contributed by atoms with Crippen LogP contribution >= 0.6 is 0 Å². The van der Waals surface area contributed by atoms with Crippen molar-refractivity contribution in [3.05, 3.63) is 29.8 Å². The van der Waals surface area contributed by atoms with Gasteiger partial charge >= 0.3 is 0 Å². The van der Waals surface area contributed by atoms with E-state index in [1.54, 1.807) is 13.2 Å². The number of carbonyl (C=O) groups is 1. The molecule has 1 N–H and O–H groups in total. The Kier molecular flexibility index (Phi) is 6.83. The molecule has 7 heteroatoms. The number of sulfonamides is 1. The lowest BCUT2D eigenvalue weighted by atomic mass is 10.2. The van der Waals surface area contributed by atoms with Gasteiger partial charge in [-0.2, -0.15) is 4.31 Å². The van der Waals surface area contributed by atoms with Crippen LogP contribution in [0.1, 0.15) is 25.8 Å². The van der Waals surface area contributed by atoms with Crippen LogP contribution in [0.25, 0.3) is 0 Å². The van der Waals surface area contributed by atoms with Crippen molar-refractivity contribution in [1.82, 2.24) is 9.62 Å². The van der Waals surface area contributed by atoms with Crippen molar-refractivity contribution in [1.29, 1.82) is 0 Å². The minimum atomic E-state index is -3.41. The summed E-state index contributed by atoms with van der Waals surface area (Å²) in [7, 11) is -1.87. The fraction of sp³-hybridized carbons (Fsp3) is 0.533. The molecule has 0 aliphatic heterocycles. The fourth-order valence-corrected chi connectivity index (χ4v) is 2.80. The molecule has 22 heavy (non-hydrogen) atoms. The summed E-state index contributed by atoms with van der Waals surface area (Å²) in [4.78, 5) is 11.7. The van der Waals surface area contributed by atoms with Crippen LogP contribution in [0.15, 0.2) is 24.3 Å². The zero-order valence-electron chi connectivity index (χ0n) is 13.5. The Hall–Kier alpha value is -1.60. The maximum absolute atomic E-state index is 11.9. The van der Waals surface area contributed by atoms with Gasteiger partial charge in [-0.3, -0.25) is 4.79 Å². The zero-order valence-corrected chi connectivity index (χ0v) is 14.3. The number of rotatable bonds is 8. The number of ether oxygens (including phenoxy) is 1. The van der Waals surface area contributed by atoms with Crippen molar-refractivity contribution in [2.75, 3.05) is 19.9 Å². The van der Waals surface area contributed by atoms with Gasteiger partial charge in [0.15, 0.2) is 0 Å². The van der Waals surface area contributed by atoms with Gasteiger partial charge < -0.3 is 10.1 Å². The lowest BCUT2D eigenvalue weighted by Crippen LogP contribution is -2.36. The Balaban J connectivity index is 2.80. The van der Waals surface area contributed by atoms with E-state index in [2.05, 4.69) is 5.32 Å². The summed E-state index contributed by atoms with van der Waals surface area (Å²) >= 11 is 0. The van der Waals surface area contributed by atoms with Crippen LogP contribution in [0.5, 0.6) is 5.75 Å². The van der Waals surface area contributed by atoms with Gasteiger partial charge in [0.2, 0.25) is 15.9 Å². The first-order chi connectivity index (χ1) is 10.2. The van der Waals surface area contributed by atoms with Gasteiger partial charge in [0.05, 0.1) is 13.4 Å². The highest BCUT2D eigenvalue weighted by atomic mass is 32.2. The molecule has 0 saturated carbocycles. The average molecular weight is 328 g/mol. The van der Waals surface area contributed by atoms with E-state index < -0.39 is 10.0 Å². The zero-order chi connectivity index (χ0) is 16.8. The summed E-state index contributed by atoms with van der Waals surface area (Å²) in [6.45, 7) is 4.04. The van der Waals surface area contributed by atoms with E-state index in [9.17, 15) is 13.2 Å². The lowest BCUT2D eigenvalue weighted by molar-refractivity contribution is -0.121. The molecule has 0 bridgehead atoms. The molecule has 1 aromatic rings. The predicted molar refractivity (Wildman–Crippen MR) is 86.1 cm³/mol. The van der Waals surface area contributed by atoms with Gasteiger partial charge in [-0.15, -0.1) is 0 Å². The maximum atomic E-state index is 11.9. The Bertz CT molecular complexity index is 599. The number of carbonyl (C=O) groups excluding carboxylic acids is 1. The molecule has 124 valence electrons. The first kappa shape index (κ1) is 18.4. The van der Waals surface area contributed by atoms with E-state index >= 15 is 0 Å². The third-order valence-corrected chi connectivity index (χ3v) is 4.30. The molecular formula is C15H24N2O4S. The number of methoxy groups -OCH3 is 1. The Labute approximate surface area is 132 Å². The van der Waals surface area contributed by atoms with Crippen molar-refractivity contribution in [2.45, 2.75) is 32.9 Å². The number of hydrogen-bond acceptors (Lipinski definition) is 4. The fourth-order valence-electron chi connectivity index (χ4n) is 2.01. The third-order valence-electron chi connectivity index (χ3n) is 3.05. The largest absolute Gasteiger partial charge is 0.496 e. The minimum absolute atomic E-state index is 0.0356. The molecule has 0 heterocycles. The monoisotopic (exact) mass is 328 g/mol. The van der Waals surface area contributed by atoms with Crippen molar-refractivity contribution < 1.29 is 17.9 Å². The highest BCUT2D eigenvalue weighted by Crippen LogP contribution is 2.20. The summed E-state index contributed by atoms with van der Waals surface area (Å²) in [6, 6.07) is 7.27. The van der Waals surface area contributed by atoms with Crippen LogP contribution in [0.4, 0.5) is 0 Å². The molecular weight excluding hydrogens is 304 g/mol. The van der Waals surface area contributed by atoms with E-state index in [4.69, 9.17) is 4.74 Å². The van der Waals surface area contributed by atoms with Crippen molar-refractivity contribution in [3.63, 3.8) is 0 Å². The van der Waals surface area contributed by atoms with Crippen molar-refractivity contribution in [2.24, 2.45) is 0 Å². The van der Waals surface area contributed by atoms with Crippen LogP contribution in [0.2, 0.25) is 0 Å². The van der Waals surface area contributed by atoms with Gasteiger partial charge in [0, 0.05) is 31.1 Å². The van der Waals surface area contributed by atoms with E-state index in [0.29, 0.717) is 5.75 Å². The first-order valence-electron chi connectivity index (χ1n) is 7.10. The Morgan fingerprint density at radius 3 is 2.50 bits per heavy atom. The smallest absolute Gasteiger partial charge is 0.221 e. The van der Waals surface area contributed by atoms with Crippen molar-refractivity contribution >= 4 is 15.9 Å². The molecule has 0 fully saturated rings. The number of amides is 1. The predicted octanol–water partition coefficient (Wildman–Crippen LogP) is 1.37. The molecule has 0 radical (unpaired) electrons. The van der Waals surface area contributed by atoms with Crippen LogP contribution < -0.4 is 10.1 Å². The van der Waals surface area contributed by atoms with Gasteiger partial charge in [-0.05, 0) is 19.9 Å². The van der Waals surface area contributed by atoms with Gasteiger partial charge in [0.1, 0.15) is 5.75 Å². The maximum Gasteiger partial charge on any atom is 0.221 e. The van der Waals surface area contributed by atoms with Crippen LogP contribution in [-0.2, 0) is 21.4 Å². The summed E-state index contributed by atoms with van der Waals surface area (Å²) < 4.78 is 30.4. The number of hydrogen-bond donors (Lipinski definition) is 1. The molecule has 1 rings (SSSR count).